The first kappa shape index (κ1) is 18.3. The van der Waals surface area contributed by atoms with Gasteiger partial charge in [-0.2, -0.15) is 0 Å². The molecule has 2 aromatic carbocycles. The lowest BCUT2D eigenvalue weighted by atomic mass is 9.98. The average Bonchev–Trinajstić information content (AvgIpc) is 3.13. The molecule has 1 saturated heterocycles. The van der Waals surface area contributed by atoms with E-state index in [1.54, 1.807) is 42.5 Å². The van der Waals surface area contributed by atoms with Crippen LogP contribution in [0.2, 0.25) is 5.02 Å². The lowest BCUT2D eigenvalue weighted by Gasteiger charge is -2.33. The van der Waals surface area contributed by atoms with Gasteiger partial charge in [0.15, 0.2) is 6.10 Å². The highest BCUT2D eigenvalue weighted by atomic mass is 35.5. The number of hydrogen-bond donors (Lipinski definition) is 0. The molecule has 0 spiro atoms. The van der Waals surface area contributed by atoms with E-state index in [1.165, 1.54) is 4.70 Å². The standard InChI is InChI=1S/C21H21ClN2O2S/c1-14(26-17-10-8-16(22)9-11-17)21(25)24-12-4-5-15(13-24)20-23-18-6-2-3-7-19(18)27-20/h2-3,6-11,14-15H,4-5,12-13H2,1H3/t14-,15+/m1/s1. The molecule has 0 aliphatic carbocycles. The number of hydrogen-bond acceptors (Lipinski definition) is 4. The SMILES string of the molecule is C[C@@H](Oc1ccc(Cl)cc1)C(=O)N1CCC[C@H](c2nc3ccccc3s2)C1. The smallest absolute Gasteiger partial charge is 0.263 e. The molecule has 1 amide bonds. The van der Waals surface area contributed by atoms with Gasteiger partial charge in [-0.15, -0.1) is 11.3 Å². The maximum Gasteiger partial charge on any atom is 0.263 e. The first-order valence-corrected chi connectivity index (χ1v) is 10.4. The van der Waals surface area contributed by atoms with Crippen molar-refractivity contribution in [2.75, 3.05) is 13.1 Å². The largest absolute Gasteiger partial charge is 0.481 e. The Hall–Kier alpha value is -2.11. The van der Waals surface area contributed by atoms with Gasteiger partial charge in [-0.25, -0.2) is 4.98 Å². The van der Waals surface area contributed by atoms with E-state index in [0.29, 0.717) is 23.2 Å². The third-order valence-electron chi connectivity index (χ3n) is 4.87. The van der Waals surface area contributed by atoms with Crippen LogP contribution in [0.25, 0.3) is 10.2 Å². The molecular weight excluding hydrogens is 380 g/mol. The molecule has 1 aliphatic heterocycles. The number of aromatic nitrogens is 1. The summed E-state index contributed by atoms with van der Waals surface area (Å²) in [5.41, 5.74) is 1.04. The molecule has 27 heavy (non-hydrogen) atoms. The molecule has 0 bridgehead atoms. The number of piperidine rings is 1. The molecule has 1 fully saturated rings. The Morgan fingerprint density at radius 3 is 2.81 bits per heavy atom. The zero-order valence-corrected chi connectivity index (χ0v) is 16.7. The van der Waals surface area contributed by atoms with E-state index in [9.17, 15) is 4.79 Å². The second-order valence-electron chi connectivity index (χ2n) is 6.86. The van der Waals surface area contributed by atoms with E-state index in [2.05, 4.69) is 6.07 Å². The molecule has 0 radical (unpaired) electrons. The zero-order valence-electron chi connectivity index (χ0n) is 15.1. The van der Waals surface area contributed by atoms with Crippen LogP contribution in [0.5, 0.6) is 5.75 Å². The van der Waals surface area contributed by atoms with E-state index in [4.69, 9.17) is 21.3 Å². The number of para-hydroxylation sites is 1. The summed E-state index contributed by atoms with van der Waals surface area (Å²) in [6.45, 7) is 3.28. The monoisotopic (exact) mass is 400 g/mol. The zero-order chi connectivity index (χ0) is 18.8. The molecular formula is C21H21ClN2O2S. The minimum atomic E-state index is -0.528. The minimum Gasteiger partial charge on any atom is -0.481 e. The van der Waals surface area contributed by atoms with Crippen molar-refractivity contribution in [2.24, 2.45) is 0 Å². The van der Waals surface area contributed by atoms with E-state index in [-0.39, 0.29) is 5.91 Å². The number of nitrogens with zero attached hydrogens (tertiary/aromatic N) is 2. The van der Waals surface area contributed by atoms with Gasteiger partial charge < -0.3 is 9.64 Å². The fourth-order valence-electron chi connectivity index (χ4n) is 3.47. The van der Waals surface area contributed by atoms with Crippen molar-refractivity contribution < 1.29 is 9.53 Å². The average molecular weight is 401 g/mol. The van der Waals surface area contributed by atoms with Crippen LogP contribution < -0.4 is 4.74 Å². The van der Waals surface area contributed by atoms with Gasteiger partial charge in [0, 0.05) is 24.0 Å². The number of thiazole rings is 1. The first-order valence-electron chi connectivity index (χ1n) is 9.16. The predicted octanol–water partition coefficient (Wildman–Crippen LogP) is 5.12. The van der Waals surface area contributed by atoms with Crippen LogP contribution in [0.1, 0.15) is 30.7 Å². The van der Waals surface area contributed by atoms with Gasteiger partial charge in [0.2, 0.25) is 0 Å². The fourth-order valence-corrected chi connectivity index (χ4v) is 4.69. The van der Waals surface area contributed by atoms with Crippen LogP contribution in [0, 0.1) is 0 Å². The number of fused-ring (bicyclic) bond motifs is 1. The van der Waals surface area contributed by atoms with Gasteiger partial charge in [0.05, 0.1) is 15.2 Å². The molecule has 4 rings (SSSR count). The summed E-state index contributed by atoms with van der Waals surface area (Å²) in [4.78, 5) is 19.6. The highest BCUT2D eigenvalue weighted by Gasteiger charge is 2.30. The summed E-state index contributed by atoms with van der Waals surface area (Å²) >= 11 is 7.64. The lowest BCUT2D eigenvalue weighted by Crippen LogP contribution is -2.45. The molecule has 2 atom stereocenters. The van der Waals surface area contributed by atoms with E-state index in [1.807, 2.05) is 23.1 Å². The number of benzene rings is 2. The van der Waals surface area contributed by atoms with E-state index < -0.39 is 6.10 Å². The second-order valence-corrected chi connectivity index (χ2v) is 8.36. The number of rotatable bonds is 4. The van der Waals surface area contributed by atoms with E-state index in [0.717, 1.165) is 29.9 Å². The number of carbonyl (C=O) groups excluding carboxylic acids is 1. The Kier molecular flexibility index (Phi) is 5.32. The molecule has 1 aromatic heterocycles. The van der Waals surface area contributed by atoms with Crippen molar-refractivity contribution >= 4 is 39.1 Å². The number of halogens is 1. The van der Waals surface area contributed by atoms with Crippen molar-refractivity contribution in [1.82, 2.24) is 9.88 Å². The maximum atomic E-state index is 12.9. The number of amides is 1. The highest BCUT2D eigenvalue weighted by Crippen LogP contribution is 2.33. The molecule has 1 aliphatic rings. The summed E-state index contributed by atoms with van der Waals surface area (Å²) in [6, 6.07) is 15.3. The van der Waals surface area contributed by atoms with Crippen LogP contribution in [0.15, 0.2) is 48.5 Å². The van der Waals surface area contributed by atoms with Gasteiger partial charge >= 0.3 is 0 Å². The summed E-state index contributed by atoms with van der Waals surface area (Å²) in [7, 11) is 0. The third kappa shape index (κ3) is 4.09. The molecule has 3 aromatic rings. The van der Waals surface area contributed by atoms with Crippen LogP contribution in [-0.4, -0.2) is 35.0 Å². The number of likely N-dealkylation sites (tertiary alicyclic amines) is 1. The van der Waals surface area contributed by atoms with Gasteiger partial charge in [-0.05, 0) is 56.2 Å². The summed E-state index contributed by atoms with van der Waals surface area (Å²) in [5, 5.41) is 1.77. The molecule has 0 saturated carbocycles. The third-order valence-corrected chi connectivity index (χ3v) is 6.32. The Balaban J connectivity index is 1.43. The predicted molar refractivity (Wildman–Crippen MR) is 110 cm³/mol. The highest BCUT2D eigenvalue weighted by molar-refractivity contribution is 7.18. The van der Waals surface area contributed by atoms with Crippen LogP contribution >= 0.6 is 22.9 Å². The Morgan fingerprint density at radius 2 is 2.04 bits per heavy atom. The fraction of sp³-hybridized carbons (Fsp3) is 0.333. The quantitative estimate of drug-likeness (QED) is 0.610. The first-order chi connectivity index (χ1) is 13.1. The molecule has 4 nitrogen and oxygen atoms in total. The van der Waals surface area contributed by atoms with Crippen molar-refractivity contribution in [3.63, 3.8) is 0 Å². The lowest BCUT2D eigenvalue weighted by molar-refractivity contribution is -0.139. The second kappa shape index (κ2) is 7.87. The van der Waals surface area contributed by atoms with Crippen LogP contribution in [0.3, 0.4) is 0 Å². The van der Waals surface area contributed by atoms with Crippen molar-refractivity contribution in [1.29, 1.82) is 0 Å². The minimum absolute atomic E-state index is 0.0239. The van der Waals surface area contributed by atoms with E-state index >= 15 is 0 Å². The Bertz CT molecular complexity index is 908. The van der Waals surface area contributed by atoms with Crippen molar-refractivity contribution in [3.8, 4) is 5.75 Å². The Morgan fingerprint density at radius 1 is 1.26 bits per heavy atom. The molecule has 2 heterocycles. The van der Waals surface area contributed by atoms with Crippen LogP contribution in [-0.2, 0) is 4.79 Å². The normalized spacial score (nSPS) is 18.4. The molecule has 0 unspecified atom stereocenters. The maximum absolute atomic E-state index is 12.9. The van der Waals surface area contributed by atoms with Gasteiger partial charge in [-0.3, -0.25) is 4.79 Å². The Labute approximate surface area is 167 Å². The molecule has 140 valence electrons. The van der Waals surface area contributed by atoms with Crippen molar-refractivity contribution in [2.45, 2.75) is 31.8 Å². The topological polar surface area (TPSA) is 42.4 Å². The van der Waals surface area contributed by atoms with Crippen molar-refractivity contribution in [3.05, 3.63) is 58.6 Å². The molecule has 6 heteroatoms. The van der Waals surface area contributed by atoms with Crippen LogP contribution in [0.4, 0.5) is 0 Å². The summed E-state index contributed by atoms with van der Waals surface area (Å²) < 4.78 is 7.01. The number of ether oxygens (including phenoxy) is 1. The van der Waals surface area contributed by atoms with Gasteiger partial charge in [0.25, 0.3) is 5.91 Å². The molecule has 0 N–H and O–H groups in total. The summed E-state index contributed by atoms with van der Waals surface area (Å²) in [5.74, 6) is 0.971. The number of carbonyl (C=O) groups is 1. The van der Waals surface area contributed by atoms with Gasteiger partial charge in [-0.1, -0.05) is 23.7 Å². The van der Waals surface area contributed by atoms with Gasteiger partial charge in [0.1, 0.15) is 5.75 Å². The summed E-state index contributed by atoms with van der Waals surface area (Å²) in [6.07, 6.45) is 1.52.